The summed E-state index contributed by atoms with van der Waals surface area (Å²) in [7, 11) is 4.54. The number of methoxy groups -OCH3 is 2. The highest BCUT2D eigenvalue weighted by atomic mass is 35.5. The summed E-state index contributed by atoms with van der Waals surface area (Å²) in [5.74, 6) is -1.01. The zero-order chi connectivity index (χ0) is 40.1. The van der Waals surface area contributed by atoms with Crippen LogP contribution in [-0.2, 0) is 39.8 Å². The summed E-state index contributed by atoms with van der Waals surface area (Å²) in [6, 6.07) is 2.98. The molecule has 2 aliphatic rings. The van der Waals surface area contributed by atoms with Crippen LogP contribution in [0.2, 0.25) is 5.02 Å². The molecule has 0 bridgehead atoms. The Hall–Kier alpha value is -3.10. The molecule has 14 heteroatoms. The number of benzene rings is 1. The lowest BCUT2D eigenvalue weighted by Gasteiger charge is -2.42. The summed E-state index contributed by atoms with van der Waals surface area (Å²) in [4.78, 5) is 52.6. The molecule has 2 saturated heterocycles. The first-order valence-electron chi connectivity index (χ1n) is 17.8. The van der Waals surface area contributed by atoms with Crippen LogP contribution in [0.5, 0.6) is 5.75 Å². The fourth-order valence-electron chi connectivity index (χ4n) is 6.57. The van der Waals surface area contributed by atoms with E-state index in [1.165, 1.54) is 26.0 Å². The van der Waals surface area contributed by atoms with Crippen LogP contribution in [-0.4, -0.2) is 102 Å². The molecule has 2 heterocycles. The van der Waals surface area contributed by atoms with Gasteiger partial charge < -0.3 is 33.7 Å². The number of cyclic esters (lactones) is 1. The molecular weight excluding hydrogens is 724 g/mol. The van der Waals surface area contributed by atoms with E-state index in [0.717, 1.165) is 16.7 Å². The number of aliphatic hydroxyl groups is 1. The Morgan fingerprint density at radius 3 is 2.47 bits per heavy atom. The second kappa shape index (κ2) is 18.0. The van der Waals surface area contributed by atoms with E-state index < -0.39 is 59.8 Å². The van der Waals surface area contributed by atoms with Crippen LogP contribution in [0.1, 0.15) is 85.3 Å². The quantitative estimate of drug-likeness (QED) is 0.0708. The van der Waals surface area contributed by atoms with Gasteiger partial charge in [0.2, 0.25) is 5.91 Å². The van der Waals surface area contributed by atoms with Crippen molar-refractivity contribution in [3.8, 4) is 5.75 Å². The number of carbonyl (C=O) groups is 4. The lowest BCUT2D eigenvalue weighted by molar-refractivity contribution is -0.162. The number of esters is 1. The fourth-order valence-corrected chi connectivity index (χ4v) is 6.86. The van der Waals surface area contributed by atoms with E-state index in [2.05, 4.69) is 17.9 Å². The molecule has 0 saturated carbocycles. The van der Waals surface area contributed by atoms with Gasteiger partial charge in [-0.15, -0.1) is 0 Å². The van der Waals surface area contributed by atoms with Crippen molar-refractivity contribution >= 4 is 48.0 Å². The Kier molecular flexibility index (Phi) is 15.1. The Morgan fingerprint density at radius 1 is 1.23 bits per heavy atom. The van der Waals surface area contributed by atoms with Gasteiger partial charge in [-0.2, -0.15) is 12.6 Å². The van der Waals surface area contributed by atoms with Crippen LogP contribution in [0.3, 0.4) is 0 Å². The van der Waals surface area contributed by atoms with Gasteiger partial charge in [0.1, 0.15) is 41.5 Å². The van der Waals surface area contributed by atoms with E-state index in [0.29, 0.717) is 23.6 Å². The number of aryl methyl sites for hydroxylation is 1. The van der Waals surface area contributed by atoms with Gasteiger partial charge in [0, 0.05) is 44.1 Å². The first kappa shape index (κ1) is 44.3. The fraction of sp³-hybridized carbons (Fsp3) is 0.641. The summed E-state index contributed by atoms with van der Waals surface area (Å²) in [6.45, 7) is 14.2. The van der Waals surface area contributed by atoms with E-state index in [1.807, 2.05) is 52.8 Å². The molecule has 296 valence electrons. The number of alkyl carbamates (subject to hydrolysis) is 1. The Balaban J connectivity index is 1.71. The number of nitrogens with zero attached hydrogens (tertiary/aromatic N) is 1. The summed E-state index contributed by atoms with van der Waals surface area (Å²) in [5, 5.41) is 14.8. The predicted molar refractivity (Wildman–Crippen MR) is 205 cm³/mol. The zero-order valence-corrected chi connectivity index (χ0v) is 34.4. The van der Waals surface area contributed by atoms with Crippen molar-refractivity contribution in [1.29, 1.82) is 0 Å². The van der Waals surface area contributed by atoms with Gasteiger partial charge in [0.25, 0.3) is 0 Å². The van der Waals surface area contributed by atoms with Crippen molar-refractivity contribution < 1.29 is 48.0 Å². The first-order valence-corrected chi connectivity index (χ1v) is 18.6. The number of nitrogens with one attached hydrogen (secondary N) is 1. The van der Waals surface area contributed by atoms with Crippen LogP contribution >= 0.6 is 24.2 Å². The van der Waals surface area contributed by atoms with Gasteiger partial charge in [-0.05, 0) is 64.7 Å². The SMILES string of the molecule is COc1cc(C/C(C)=C/C=C/C(OC)C2(O)CC(C(C)C3OC3(C)C(CC(C)=O)OC(=O)C(C)N(C)C(=O)CCC(C)(C)S)OC(=O)N2)cc(C)c1Cl. The number of thiol groups is 1. The average Bonchev–Trinajstić information content (AvgIpc) is 3.76. The number of halogens is 1. The molecule has 0 aromatic heterocycles. The van der Waals surface area contributed by atoms with Gasteiger partial charge in [0.05, 0.1) is 18.2 Å². The van der Waals surface area contributed by atoms with E-state index in [4.69, 9.17) is 35.3 Å². The highest BCUT2D eigenvalue weighted by Gasteiger charge is 2.64. The highest BCUT2D eigenvalue weighted by Crippen LogP contribution is 2.49. The number of ketones is 1. The number of hydrogen-bond acceptors (Lipinski definition) is 11. The maximum atomic E-state index is 13.3. The molecule has 2 amide bonds. The molecule has 1 aromatic carbocycles. The molecule has 0 radical (unpaired) electrons. The maximum Gasteiger partial charge on any atom is 0.409 e. The van der Waals surface area contributed by atoms with Crippen molar-refractivity contribution in [3.63, 3.8) is 0 Å². The minimum Gasteiger partial charge on any atom is -0.495 e. The van der Waals surface area contributed by atoms with E-state index in [1.54, 1.807) is 33.1 Å². The minimum absolute atomic E-state index is 0.0462. The van der Waals surface area contributed by atoms with Crippen LogP contribution < -0.4 is 10.1 Å². The monoisotopic (exact) mass is 780 g/mol. The number of ether oxygens (including phenoxy) is 5. The van der Waals surface area contributed by atoms with Gasteiger partial charge >= 0.3 is 12.1 Å². The van der Waals surface area contributed by atoms with Gasteiger partial charge in [-0.3, -0.25) is 14.9 Å². The van der Waals surface area contributed by atoms with E-state index in [9.17, 15) is 24.3 Å². The maximum absolute atomic E-state index is 13.3. The topological polar surface area (TPSA) is 153 Å². The van der Waals surface area contributed by atoms with Gasteiger partial charge in [-0.25, -0.2) is 9.59 Å². The number of allylic oxidation sites excluding steroid dienone is 3. The molecule has 8 atom stereocenters. The average molecular weight is 781 g/mol. The smallest absolute Gasteiger partial charge is 0.409 e. The van der Waals surface area contributed by atoms with Crippen molar-refractivity contribution in [2.45, 2.75) is 134 Å². The molecule has 2 fully saturated rings. The number of carbonyl (C=O) groups excluding carboxylic acids is 4. The summed E-state index contributed by atoms with van der Waals surface area (Å²) in [5.41, 5.74) is 0.0347. The first-order chi connectivity index (χ1) is 24.5. The third kappa shape index (κ3) is 11.7. The number of likely N-dealkylation sites (N-methyl/N-ethyl adjacent to an activating group) is 1. The molecule has 2 N–H and O–H groups in total. The predicted octanol–water partition coefficient (Wildman–Crippen LogP) is 5.92. The summed E-state index contributed by atoms with van der Waals surface area (Å²) < 4.78 is 28.3. The summed E-state index contributed by atoms with van der Waals surface area (Å²) >= 11 is 10.8. The lowest BCUT2D eigenvalue weighted by Crippen LogP contribution is -2.63. The largest absolute Gasteiger partial charge is 0.495 e. The van der Waals surface area contributed by atoms with Crippen LogP contribution in [0.15, 0.2) is 35.9 Å². The second-order valence-corrected chi connectivity index (χ2v) is 16.9. The minimum atomic E-state index is -1.83. The van der Waals surface area contributed by atoms with Gasteiger partial charge in [0.15, 0.2) is 5.72 Å². The van der Waals surface area contributed by atoms with Crippen molar-refractivity contribution in [1.82, 2.24) is 10.2 Å². The standard InChI is InChI=1S/C39H57ClN2O10S/c1-22(17-27-18-23(2)33(40)28(20-27)48-10)13-12-14-30(49-11)39(47)21-29(50-36(46)41-39)25(4)34-38(8,52-34)31(19-24(3)43)51-35(45)26(5)42(9)32(44)15-16-37(6,7)53/h12-14,18,20,25-26,29-31,34,47,53H,15-17,19,21H2,1-11H3,(H,41,46)/b14-12+,22-13+. The Morgan fingerprint density at radius 2 is 1.89 bits per heavy atom. The van der Waals surface area contributed by atoms with Crippen molar-refractivity contribution in [3.05, 3.63) is 52.1 Å². The second-order valence-electron chi connectivity index (χ2n) is 15.3. The Bertz CT molecular complexity index is 1580. The van der Waals surface area contributed by atoms with Crippen molar-refractivity contribution in [2.24, 2.45) is 5.92 Å². The molecular formula is C39H57ClN2O10S. The molecule has 8 unspecified atom stereocenters. The molecule has 53 heavy (non-hydrogen) atoms. The number of Topliss-reactive ketones (excluding diaryl/α,β-unsaturated/α-hetero) is 1. The molecule has 0 spiro atoms. The Labute approximate surface area is 324 Å². The third-order valence-corrected chi connectivity index (χ3v) is 10.8. The summed E-state index contributed by atoms with van der Waals surface area (Å²) in [6.07, 6.45) is 2.36. The van der Waals surface area contributed by atoms with Crippen LogP contribution in [0.25, 0.3) is 0 Å². The molecule has 2 aliphatic heterocycles. The lowest BCUT2D eigenvalue weighted by atomic mass is 9.83. The molecule has 12 nitrogen and oxygen atoms in total. The molecule has 0 aliphatic carbocycles. The van der Waals surface area contributed by atoms with Crippen LogP contribution in [0.4, 0.5) is 4.79 Å². The van der Waals surface area contributed by atoms with E-state index in [-0.39, 0.29) is 35.7 Å². The third-order valence-electron chi connectivity index (χ3n) is 10.1. The number of amides is 2. The molecule has 3 rings (SSSR count). The number of rotatable bonds is 18. The highest BCUT2D eigenvalue weighted by molar-refractivity contribution is 7.81. The van der Waals surface area contributed by atoms with Gasteiger partial charge in [-0.1, -0.05) is 62.2 Å². The van der Waals surface area contributed by atoms with Crippen LogP contribution in [0, 0.1) is 12.8 Å². The zero-order valence-electron chi connectivity index (χ0n) is 32.8. The van der Waals surface area contributed by atoms with E-state index >= 15 is 0 Å². The normalized spacial score (nSPS) is 25.5. The number of hydrogen-bond donors (Lipinski definition) is 3. The molecule has 1 aromatic rings. The van der Waals surface area contributed by atoms with Crippen molar-refractivity contribution in [2.75, 3.05) is 21.3 Å². The number of epoxide rings is 1.